The van der Waals surface area contributed by atoms with Crippen LogP contribution in [0.25, 0.3) is 0 Å². The third-order valence-electron chi connectivity index (χ3n) is 5.73. The molecule has 0 aliphatic heterocycles. The van der Waals surface area contributed by atoms with Crippen molar-refractivity contribution in [2.75, 3.05) is 0 Å². The van der Waals surface area contributed by atoms with Crippen molar-refractivity contribution in [1.82, 2.24) is 5.32 Å². The minimum atomic E-state index is -0.433. The Hall–Kier alpha value is -2.13. The average molecular weight is 442 g/mol. The van der Waals surface area contributed by atoms with Gasteiger partial charge in [0.15, 0.2) is 5.78 Å². The van der Waals surface area contributed by atoms with Gasteiger partial charge in [-0.05, 0) is 61.3 Å². The minimum Gasteiger partial charge on any atom is -0.346 e. The van der Waals surface area contributed by atoms with Crippen LogP contribution in [0.1, 0.15) is 75.5 Å². The zero-order valence-electron chi connectivity index (χ0n) is 19.3. The molecule has 1 amide bonds. The second kappa shape index (κ2) is 12.7. The first-order chi connectivity index (χ1) is 14.8. The lowest BCUT2D eigenvalue weighted by molar-refractivity contribution is -0.128. The molecule has 2 unspecified atom stereocenters. The second-order valence-corrected chi connectivity index (χ2v) is 9.29. The Bertz CT molecular complexity index is 845. The van der Waals surface area contributed by atoms with E-state index in [2.05, 4.69) is 24.4 Å². The molecular weight excluding hydrogens is 406 g/mol. The number of aryl methyl sites for hydroxylation is 1. The number of carbonyl (C=O) groups is 2. The summed E-state index contributed by atoms with van der Waals surface area (Å²) in [6.45, 7) is 8.18. The summed E-state index contributed by atoms with van der Waals surface area (Å²) >= 11 is 6.02. The summed E-state index contributed by atoms with van der Waals surface area (Å²) in [7, 11) is 0. The predicted molar refractivity (Wildman–Crippen MR) is 130 cm³/mol. The number of carbonyl (C=O) groups excluding carboxylic acids is 2. The Balaban J connectivity index is 1.90. The molecule has 0 heterocycles. The van der Waals surface area contributed by atoms with Crippen molar-refractivity contribution in [1.29, 1.82) is 0 Å². The van der Waals surface area contributed by atoms with E-state index in [9.17, 15) is 9.59 Å². The summed E-state index contributed by atoms with van der Waals surface area (Å²) in [4.78, 5) is 25.5. The smallest absolute Gasteiger partial charge is 0.225 e. The van der Waals surface area contributed by atoms with Crippen molar-refractivity contribution in [2.45, 2.75) is 78.2 Å². The number of halogens is 1. The Kier molecular flexibility index (Phi) is 10.3. The maximum Gasteiger partial charge on any atom is 0.225 e. The van der Waals surface area contributed by atoms with Crippen LogP contribution in [0.4, 0.5) is 0 Å². The standard InChI is InChI=1S/C27H36ClNO2/c1-5-8-22(23-13-15-24(28)16-14-23)11-7-12-25(30)27(19(2)3)29-26(31)18-21-10-6-9-20(4)17-21/h6,9-10,13-17,19,22,27H,5,7-8,11-12,18H2,1-4H3,(H,29,31). The maximum absolute atomic E-state index is 12.9. The molecule has 0 aromatic heterocycles. The van der Waals surface area contributed by atoms with Gasteiger partial charge in [-0.15, -0.1) is 0 Å². The van der Waals surface area contributed by atoms with Crippen LogP contribution >= 0.6 is 11.6 Å². The van der Waals surface area contributed by atoms with Crippen molar-refractivity contribution < 1.29 is 9.59 Å². The fourth-order valence-corrected chi connectivity index (χ4v) is 4.22. The lowest BCUT2D eigenvalue weighted by atomic mass is 9.88. The van der Waals surface area contributed by atoms with Crippen LogP contribution < -0.4 is 5.32 Å². The molecule has 2 rings (SSSR count). The number of hydrogen-bond donors (Lipinski definition) is 1. The molecule has 3 nitrogen and oxygen atoms in total. The van der Waals surface area contributed by atoms with Crippen molar-refractivity contribution in [3.63, 3.8) is 0 Å². The van der Waals surface area contributed by atoms with E-state index < -0.39 is 6.04 Å². The molecule has 0 fully saturated rings. The molecule has 0 radical (unpaired) electrons. The fraction of sp³-hybridized carbons (Fsp3) is 0.481. The highest BCUT2D eigenvalue weighted by Crippen LogP contribution is 2.28. The molecule has 0 aliphatic carbocycles. The van der Waals surface area contributed by atoms with Crippen LogP contribution in [0, 0.1) is 12.8 Å². The molecule has 1 N–H and O–H groups in total. The van der Waals surface area contributed by atoms with Crippen molar-refractivity contribution in [2.24, 2.45) is 5.92 Å². The SMILES string of the molecule is CCCC(CCCC(=O)C(NC(=O)Cc1cccc(C)c1)C(C)C)c1ccc(Cl)cc1. The summed E-state index contributed by atoms with van der Waals surface area (Å²) in [5.41, 5.74) is 3.38. The quantitative estimate of drug-likeness (QED) is 0.400. The highest BCUT2D eigenvalue weighted by atomic mass is 35.5. The van der Waals surface area contributed by atoms with E-state index in [0.29, 0.717) is 18.8 Å². The van der Waals surface area contributed by atoms with Crippen LogP contribution in [0.15, 0.2) is 48.5 Å². The summed E-state index contributed by atoms with van der Waals surface area (Å²) in [5.74, 6) is 0.529. The molecule has 0 bridgehead atoms. The van der Waals surface area contributed by atoms with E-state index in [-0.39, 0.29) is 17.6 Å². The van der Waals surface area contributed by atoms with Gasteiger partial charge in [0, 0.05) is 11.4 Å². The van der Waals surface area contributed by atoms with E-state index in [1.807, 2.05) is 57.2 Å². The average Bonchev–Trinajstić information content (AvgIpc) is 2.71. The molecule has 4 heteroatoms. The monoisotopic (exact) mass is 441 g/mol. The van der Waals surface area contributed by atoms with Gasteiger partial charge in [0.05, 0.1) is 12.5 Å². The molecule has 0 aliphatic rings. The van der Waals surface area contributed by atoms with Gasteiger partial charge in [-0.1, -0.05) is 80.8 Å². The molecule has 0 saturated heterocycles. The molecule has 2 aromatic rings. The largest absolute Gasteiger partial charge is 0.346 e. The van der Waals surface area contributed by atoms with Gasteiger partial charge in [0.1, 0.15) is 0 Å². The van der Waals surface area contributed by atoms with Crippen LogP contribution in [-0.2, 0) is 16.0 Å². The number of nitrogens with one attached hydrogen (secondary N) is 1. The molecule has 31 heavy (non-hydrogen) atoms. The number of ketones is 1. The van der Waals surface area contributed by atoms with Gasteiger partial charge in [0.25, 0.3) is 0 Å². The number of benzene rings is 2. The lowest BCUT2D eigenvalue weighted by Crippen LogP contribution is -2.45. The number of hydrogen-bond acceptors (Lipinski definition) is 2. The summed E-state index contributed by atoms with van der Waals surface area (Å²) < 4.78 is 0. The highest BCUT2D eigenvalue weighted by Gasteiger charge is 2.24. The van der Waals surface area contributed by atoms with Crippen molar-refractivity contribution >= 4 is 23.3 Å². The Morgan fingerprint density at radius 2 is 1.74 bits per heavy atom. The second-order valence-electron chi connectivity index (χ2n) is 8.85. The number of amides is 1. The summed E-state index contributed by atoms with van der Waals surface area (Å²) in [6.07, 6.45) is 4.77. The lowest BCUT2D eigenvalue weighted by Gasteiger charge is -2.22. The third kappa shape index (κ3) is 8.49. The molecule has 0 spiro atoms. The van der Waals surface area contributed by atoms with Gasteiger partial charge < -0.3 is 5.32 Å². The summed E-state index contributed by atoms with van der Waals surface area (Å²) in [5, 5.41) is 3.73. The van der Waals surface area contributed by atoms with Gasteiger partial charge >= 0.3 is 0 Å². The zero-order valence-corrected chi connectivity index (χ0v) is 20.0. The first kappa shape index (κ1) is 25.1. The Labute approximate surface area is 192 Å². The molecular formula is C27H36ClNO2. The molecule has 0 saturated carbocycles. The van der Waals surface area contributed by atoms with Gasteiger partial charge in [-0.25, -0.2) is 0 Å². The normalized spacial score (nSPS) is 13.1. The zero-order chi connectivity index (χ0) is 22.8. The van der Waals surface area contributed by atoms with Crippen molar-refractivity contribution in [3.05, 3.63) is 70.2 Å². The minimum absolute atomic E-state index is 0.0664. The van der Waals surface area contributed by atoms with Crippen LogP contribution in [0.5, 0.6) is 0 Å². The predicted octanol–water partition coefficient (Wildman–Crippen LogP) is 6.66. The van der Waals surface area contributed by atoms with Crippen LogP contribution in [0.3, 0.4) is 0 Å². The van der Waals surface area contributed by atoms with Gasteiger partial charge in [-0.3, -0.25) is 9.59 Å². The fourth-order valence-electron chi connectivity index (χ4n) is 4.09. The van der Waals surface area contributed by atoms with E-state index in [1.54, 1.807) is 0 Å². The summed E-state index contributed by atoms with van der Waals surface area (Å²) in [6, 6.07) is 15.5. The van der Waals surface area contributed by atoms with E-state index >= 15 is 0 Å². The topological polar surface area (TPSA) is 46.2 Å². The van der Waals surface area contributed by atoms with Gasteiger partial charge in [-0.2, -0.15) is 0 Å². The Morgan fingerprint density at radius 1 is 1.03 bits per heavy atom. The highest BCUT2D eigenvalue weighted by molar-refractivity contribution is 6.30. The maximum atomic E-state index is 12.9. The molecule has 2 aromatic carbocycles. The molecule has 168 valence electrons. The van der Waals surface area contributed by atoms with E-state index in [4.69, 9.17) is 11.6 Å². The first-order valence-electron chi connectivity index (χ1n) is 11.4. The number of Topliss-reactive ketones (excluding diaryl/α,β-unsaturated/α-hetero) is 1. The van der Waals surface area contributed by atoms with Crippen LogP contribution in [0.2, 0.25) is 5.02 Å². The van der Waals surface area contributed by atoms with Crippen LogP contribution in [-0.4, -0.2) is 17.7 Å². The van der Waals surface area contributed by atoms with Gasteiger partial charge in [0.2, 0.25) is 5.91 Å². The number of rotatable bonds is 12. The Morgan fingerprint density at radius 3 is 2.35 bits per heavy atom. The van der Waals surface area contributed by atoms with Crippen molar-refractivity contribution in [3.8, 4) is 0 Å². The van der Waals surface area contributed by atoms with E-state index in [1.165, 1.54) is 5.56 Å². The van der Waals surface area contributed by atoms with E-state index in [0.717, 1.165) is 41.8 Å². The first-order valence-corrected chi connectivity index (χ1v) is 11.8. The molecule has 2 atom stereocenters. The third-order valence-corrected chi connectivity index (χ3v) is 5.98.